The predicted octanol–water partition coefficient (Wildman–Crippen LogP) is 1.18. The molecular weight excluding hydrogens is 192 g/mol. The average molecular weight is 208 g/mol. The maximum absolute atomic E-state index is 10.2. The van der Waals surface area contributed by atoms with Crippen molar-refractivity contribution in [2.75, 3.05) is 13.2 Å². The Bertz CT molecular complexity index is 326. The van der Waals surface area contributed by atoms with Gasteiger partial charge in [-0.05, 0) is 12.5 Å². The lowest BCUT2D eigenvalue weighted by molar-refractivity contribution is 0.157. The molecule has 4 heteroatoms. The summed E-state index contributed by atoms with van der Waals surface area (Å²) in [5, 5.41) is 3.15. The summed E-state index contributed by atoms with van der Waals surface area (Å²) in [6.07, 6.45) is -0.729. The minimum atomic E-state index is -0.729. The minimum Gasteiger partial charge on any atom is -0.448 e. The van der Waals surface area contributed by atoms with E-state index in [9.17, 15) is 4.79 Å². The van der Waals surface area contributed by atoms with Crippen LogP contribution in [0.5, 0.6) is 0 Å². The molecular formula is C11H16N2O2. The van der Waals surface area contributed by atoms with Gasteiger partial charge in [-0.2, -0.15) is 0 Å². The molecule has 1 aromatic carbocycles. The summed E-state index contributed by atoms with van der Waals surface area (Å²) in [6.45, 7) is 3.74. The molecule has 0 aromatic heterocycles. The third kappa shape index (κ3) is 5.02. The molecule has 0 heterocycles. The third-order valence-corrected chi connectivity index (χ3v) is 1.93. The van der Waals surface area contributed by atoms with Crippen LogP contribution < -0.4 is 11.1 Å². The predicted molar refractivity (Wildman–Crippen MR) is 58.4 cm³/mol. The highest BCUT2D eigenvalue weighted by molar-refractivity contribution is 5.64. The maximum atomic E-state index is 10.2. The fraction of sp³-hybridized carbons (Fsp3) is 0.364. The molecule has 0 fully saturated rings. The van der Waals surface area contributed by atoms with Crippen LogP contribution in [0.25, 0.3) is 0 Å². The Kier molecular flexibility index (Phi) is 4.63. The van der Waals surface area contributed by atoms with E-state index in [2.05, 4.69) is 35.2 Å². The smallest absolute Gasteiger partial charge is 0.404 e. The molecule has 0 aliphatic heterocycles. The van der Waals surface area contributed by atoms with E-state index in [1.165, 1.54) is 11.1 Å². The van der Waals surface area contributed by atoms with E-state index in [1.54, 1.807) is 0 Å². The topological polar surface area (TPSA) is 64.3 Å². The van der Waals surface area contributed by atoms with Crippen LogP contribution in [-0.4, -0.2) is 19.2 Å². The lowest BCUT2D eigenvalue weighted by Crippen LogP contribution is -2.23. The molecule has 0 unspecified atom stereocenters. The number of carbonyl (C=O) groups is 1. The number of rotatable bonds is 5. The van der Waals surface area contributed by atoms with Gasteiger partial charge in [-0.15, -0.1) is 0 Å². The number of amides is 1. The van der Waals surface area contributed by atoms with Gasteiger partial charge in [0.2, 0.25) is 0 Å². The fourth-order valence-corrected chi connectivity index (χ4v) is 1.28. The first kappa shape index (κ1) is 11.5. The van der Waals surface area contributed by atoms with E-state index in [-0.39, 0.29) is 0 Å². The second-order valence-corrected chi connectivity index (χ2v) is 3.33. The number of ether oxygens (including phenoxy) is 1. The van der Waals surface area contributed by atoms with Gasteiger partial charge in [0.05, 0.1) is 0 Å². The summed E-state index contributed by atoms with van der Waals surface area (Å²) in [4.78, 5) is 10.2. The summed E-state index contributed by atoms with van der Waals surface area (Å²) >= 11 is 0. The quantitative estimate of drug-likeness (QED) is 0.714. The van der Waals surface area contributed by atoms with E-state index in [1.807, 2.05) is 6.07 Å². The number of benzene rings is 1. The van der Waals surface area contributed by atoms with Crippen molar-refractivity contribution in [1.29, 1.82) is 0 Å². The van der Waals surface area contributed by atoms with Crippen LogP contribution in [0.4, 0.5) is 4.79 Å². The molecule has 82 valence electrons. The molecule has 0 saturated carbocycles. The van der Waals surface area contributed by atoms with Crippen molar-refractivity contribution in [2.24, 2.45) is 5.73 Å². The fourth-order valence-electron chi connectivity index (χ4n) is 1.28. The zero-order valence-electron chi connectivity index (χ0n) is 8.82. The summed E-state index contributed by atoms with van der Waals surface area (Å²) in [5.74, 6) is 0. The van der Waals surface area contributed by atoms with Crippen LogP contribution >= 0.6 is 0 Å². The molecule has 1 amide bonds. The zero-order chi connectivity index (χ0) is 11.1. The van der Waals surface area contributed by atoms with Gasteiger partial charge in [-0.3, -0.25) is 0 Å². The molecule has 1 aromatic rings. The largest absolute Gasteiger partial charge is 0.448 e. The highest BCUT2D eigenvalue weighted by atomic mass is 16.5. The monoisotopic (exact) mass is 208 g/mol. The Hall–Kier alpha value is -1.55. The van der Waals surface area contributed by atoms with Crippen LogP contribution in [0.2, 0.25) is 0 Å². The maximum Gasteiger partial charge on any atom is 0.404 e. The third-order valence-electron chi connectivity index (χ3n) is 1.93. The summed E-state index contributed by atoms with van der Waals surface area (Å²) in [6, 6.07) is 8.24. The number of hydrogen-bond acceptors (Lipinski definition) is 3. The van der Waals surface area contributed by atoms with Crippen molar-refractivity contribution in [1.82, 2.24) is 5.32 Å². The SMILES string of the molecule is Cc1cccc(CNCCOC(N)=O)c1. The molecule has 3 N–H and O–H groups in total. The Balaban J connectivity index is 2.17. The lowest BCUT2D eigenvalue weighted by atomic mass is 10.1. The van der Waals surface area contributed by atoms with Crippen molar-refractivity contribution in [3.05, 3.63) is 35.4 Å². The van der Waals surface area contributed by atoms with Crippen LogP contribution in [0.3, 0.4) is 0 Å². The van der Waals surface area contributed by atoms with Crippen molar-refractivity contribution in [2.45, 2.75) is 13.5 Å². The number of nitrogens with one attached hydrogen (secondary N) is 1. The summed E-state index contributed by atoms with van der Waals surface area (Å²) < 4.78 is 4.58. The molecule has 0 aliphatic carbocycles. The van der Waals surface area contributed by atoms with Crippen molar-refractivity contribution >= 4 is 6.09 Å². The van der Waals surface area contributed by atoms with E-state index in [0.29, 0.717) is 13.2 Å². The van der Waals surface area contributed by atoms with Crippen LogP contribution in [0.15, 0.2) is 24.3 Å². The highest BCUT2D eigenvalue weighted by Crippen LogP contribution is 2.02. The first-order valence-electron chi connectivity index (χ1n) is 4.87. The molecule has 4 nitrogen and oxygen atoms in total. The van der Waals surface area contributed by atoms with Gasteiger partial charge in [-0.25, -0.2) is 4.79 Å². The van der Waals surface area contributed by atoms with Crippen LogP contribution in [0.1, 0.15) is 11.1 Å². The van der Waals surface area contributed by atoms with Crippen molar-refractivity contribution in [3.8, 4) is 0 Å². The second-order valence-electron chi connectivity index (χ2n) is 3.33. The van der Waals surface area contributed by atoms with Crippen LogP contribution in [-0.2, 0) is 11.3 Å². The number of primary amides is 1. The molecule has 1 rings (SSSR count). The zero-order valence-corrected chi connectivity index (χ0v) is 8.82. The van der Waals surface area contributed by atoms with Crippen LogP contribution in [0, 0.1) is 6.92 Å². The molecule has 15 heavy (non-hydrogen) atoms. The standard InChI is InChI=1S/C11H16N2O2/c1-9-3-2-4-10(7-9)8-13-5-6-15-11(12)14/h2-4,7,13H,5-6,8H2,1H3,(H2,12,14). The van der Waals surface area contributed by atoms with Gasteiger partial charge in [0.25, 0.3) is 0 Å². The number of nitrogens with two attached hydrogens (primary N) is 1. The van der Waals surface area contributed by atoms with Gasteiger partial charge in [0.1, 0.15) is 6.61 Å². The summed E-state index contributed by atoms with van der Waals surface area (Å²) in [7, 11) is 0. The van der Waals surface area contributed by atoms with Gasteiger partial charge in [0.15, 0.2) is 0 Å². The molecule has 0 saturated heterocycles. The van der Waals surface area contributed by atoms with E-state index in [0.717, 1.165) is 6.54 Å². The minimum absolute atomic E-state index is 0.307. The molecule has 0 spiro atoms. The molecule has 0 radical (unpaired) electrons. The van der Waals surface area contributed by atoms with Crippen molar-refractivity contribution < 1.29 is 9.53 Å². The Labute approximate surface area is 89.4 Å². The summed E-state index contributed by atoms with van der Waals surface area (Å²) in [5.41, 5.74) is 7.27. The number of aryl methyl sites for hydroxylation is 1. The van der Waals surface area contributed by atoms with Gasteiger partial charge in [-0.1, -0.05) is 29.8 Å². The van der Waals surface area contributed by atoms with Crippen molar-refractivity contribution in [3.63, 3.8) is 0 Å². The molecule has 0 aliphatic rings. The van der Waals surface area contributed by atoms with E-state index in [4.69, 9.17) is 5.73 Å². The normalized spacial score (nSPS) is 9.93. The average Bonchev–Trinajstić information content (AvgIpc) is 2.17. The van der Waals surface area contributed by atoms with Gasteiger partial charge in [0, 0.05) is 13.1 Å². The van der Waals surface area contributed by atoms with E-state index < -0.39 is 6.09 Å². The number of carbonyl (C=O) groups excluding carboxylic acids is 1. The first-order valence-corrected chi connectivity index (χ1v) is 4.87. The van der Waals surface area contributed by atoms with Gasteiger partial charge >= 0.3 is 6.09 Å². The Morgan fingerprint density at radius 1 is 1.53 bits per heavy atom. The number of hydrogen-bond donors (Lipinski definition) is 2. The highest BCUT2D eigenvalue weighted by Gasteiger charge is 1.94. The van der Waals surface area contributed by atoms with E-state index >= 15 is 0 Å². The lowest BCUT2D eigenvalue weighted by Gasteiger charge is -2.05. The molecule has 0 bridgehead atoms. The van der Waals surface area contributed by atoms with Gasteiger partial charge < -0.3 is 15.8 Å². The molecule has 0 atom stereocenters. The first-order chi connectivity index (χ1) is 7.18. The second kappa shape index (κ2) is 6.03. The Morgan fingerprint density at radius 3 is 3.00 bits per heavy atom. The Morgan fingerprint density at radius 2 is 2.33 bits per heavy atom.